The van der Waals surface area contributed by atoms with Gasteiger partial charge in [0.05, 0.1) is 6.10 Å². The van der Waals surface area contributed by atoms with E-state index in [0.29, 0.717) is 16.9 Å². The van der Waals surface area contributed by atoms with Crippen molar-refractivity contribution in [2.75, 3.05) is 0 Å². The Morgan fingerprint density at radius 1 is 1.29 bits per heavy atom. The molecule has 0 aromatic heterocycles. The van der Waals surface area contributed by atoms with Crippen LogP contribution in [0.4, 0.5) is 0 Å². The molecular weight excluding hydrogens is 266 g/mol. The highest BCUT2D eigenvalue weighted by Gasteiger charge is 2.20. The summed E-state index contributed by atoms with van der Waals surface area (Å²) >= 11 is 0. The summed E-state index contributed by atoms with van der Waals surface area (Å²) in [6.07, 6.45) is 0.0468. The van der Waals surface area contributed by atoms with E-state index in [4.69, 9.17) is 10.00 Å². The van der Waals surface area contributed by atoms with Crippen LogP contribution >= 0.6 is 0 Å². The lowest BCUT2D eigenvalue weighted by Crippen LogP contribution is -2.11. The second kappa shape index (κ2) is 6.94. The number of ketones is 1. The van der Waals surface area contributed by atoms with Gasteiger partial charge < -0.3 is 9.84 Å². The van der Waals surface area contributed by atoms with Gasteiger partial charge in [-0.05, 0) is 44.5 Å². The fraction of sp³-hybridized carbons (Fsp3) is 0.412. The summed E-state index contributed by atoms with van der Waals surface area (Å²) in [5.41, 5.74) is 0.906. The van der Waals surface area contributed by atoms with Crippen LogP contribution in [0.15, 0.2) is 29.5 Å². The van der Waals surface area contributed by atoms with Gasteiger partial charge in [0, 0.05) is 11.5 Å². The molecule has 0 aliphatic heterocycles. The Hall–Kier alpha value is -2.28. The van der Waals surface area contributed by atoms with Crippen LogP contribution in [0.25, 0.3) is 0 Å². The third kappa shape index (κ3) is 4.09. The number of Topliss-reactive ketones (excluding diaryl/α,β-unsaturated/α-hetero) is 1. The highest BCUT2D eigenvalue weighted by molar-refractivity contribution is 6.12. The van der Waals surface area contributed by atoms with Crippen LogP contribution in [-0.2, 0) is 0 Å². The van der Waals surface area contributed by atoms with Crippen molar-refractivity contribution < 1.29 is 14.6 Å². The molecule has 1 rings (SSSR count). The molecule has 0 amide bonds. The van der Waals surface area contributed by atoms with Gasteiger partial charge in [0.25, 0.3) is 0 Å². The summed E-state index contributed by atoms with van der Waals surface area (Å²) in [5, 5.41) is 19.0. The summed E-state index contributed by atoms with van der Waals surface area (Å²) in [5.74, 6) is -0.233. The summed E-state index contributed by atoms with van der Waals surface area (Å²) < 4.78 is 5.56. The maximum Gasteiger partial charge on any atom is 0.207 e. The smallest absolute Gasteiger partial charge is 0.207 e. The van der Waals surface area contributed by atoms with Crippen LogP contribution in [0.5, 0.6) is 5.75 Å². The van der Waals surface area contributed by atoms with Crippen LogP contribution in [-0.4, -0.2) is 17.0 Å². The average molecular weight is 287 g/mol. The molecule has 0 radical (unpaired) electrons. The number of nitrogens with zero attached hydrogens (tertiary/aromatic N) is 1. The number of aliphatic hydroxyl groups is 1. The van der Waals surface area contributed by atoms with E-state index in [2.05, 4.69) is 0 Å². The molecule has 0 atom stereocenters. The van der Waals surface area contributed by atoms with Crippen molar-refractivity contribution in [2.45, 2.75) is 40.7 Å². The molecule has 0 fully saturated rings. The van der Waals surface area contributed by atoms with Crippen molar-refractivity contribution in [1.29, 1.82) is 5.26 Å². The van der Waals surface area contributed by atoms with Gasteiger partial charge in [0.2, 0.25) is 5.78 Å². The van der Waals surface area contributed by atoms with Crippen molar-refractivity contribution in [3.63, 3.8) is 0 Å². The molecule has 4 nitrogen and oxygen atoms in total. The molecule has 0 aliphatic rings. The summed E-state index contributed by atoms with van der Waals surface area (Å²) in [7, 11) is 0. The minimum atomic E-state index is -0.461. The number of aryl methyl sites for hydroxylation is 1. The molecule has 0 bridgehead atoms. The molecule has 0 spiro atoms. The van der Waals surface area contributed by atoms with Crippen LogP contribution < -0.4 is 4.74 Å². The molecule has 1 aromatic rings. The number of aliphatic hydroxyl groups excluding tert-OH is 1. The predicted molar refractivity (Wildman–Crippen MR) is 81.4 cm³/mol. The fourth-order valence-corrected chi connectivity index (χ4v) is 1.88. The van der Waals surface area contributed by atoms with Crippen molar-refractivity contribution in [2.24, 2.45) is 5.92 Å². The highest BCUT2D eigenvalue weighted by atomic mass is 16.5. The van der Waals surface area contributed by atoms with Gasteiger partial charge in [-0.15, -0.1) is 0 Å². The number of allylic oxidation sites excluding steroid dienone is 2. The molecule has 1 N–H and O–H groups in total. The van der Waals surface area contributed by atoms with Gasteiger partial charge in [-0.25, -0.2) is 0 Å². The third-order valence-electron chi connectivity index (χ3n) is 2.96. The van der Waals surface area contributed by atoms with E-state index in [0.717, 1.165) is 0 Å². The average Bonchev–Trinajstić information content (AvgIpc) is 2.38. The molecule has 0 aliphatic carbocycles. The van der Waals surface area contributed by atoms with Gasteiger partial charge in [0.1, 0.15) is 23.2 Å². The van der Waals surface area contributed by atoms with E-state index < -0.39 is 5.78 Å². The van der Waals surface area contributed by atoms with E-state index in [1.54, 1.807) is 45.0 Å². The van der Waals surface area contributed by atoms with Crippen molar-refractivity contribution in [3.8, 4) is 11.8 Å². The maximum absolute atomic E-state index is 12.4. The van der Waals surface area contributed by atoms with Crippen molar-refractivity contribution in [1.82, 2.24) is 0 Å². The normalized spacial score (nSPS) is 12.1. The van der Waals surface area contributed by atoms with Crippen molar-refractivity contribution >= 4 is 5.78 Å². The predicted octanol–water partition coefficient (Wildman–Crippen LogP) is 3.96. The number of hydrogen-bond donors (Lipinski definition) is 1. The van der Waals surface area contributed by atoms with Gasteiger partial charge in [0.15, 0.2) is 0 Å². The number of hydrogen-bond acceptors (Lipinski definition) is 4. The quantitative estimate of drug-likeness (QED) is 0.385. The van der Waals surface area contributed by atoms with Gasteiger partial charge in [-0.2, -0.15) is 5.26 Å². The Morgan fingerprint density at radius 2 is 1.90 bits per heavy atom. The molecule has 4 heteroatoms. The Kier molecular flexibility index (Phi) is 5.54. The topological polar surface area (TPSA) is 70.3 Å². The first-order chi connectivity index (χ1) is 9.77. The SMILES string of the molecule is Cc1cc(OC(C)C)ccc1C(=O)C(C#N)=C(O)C(C)C. The Bertz CT molecular complexity index is 607. The van der Waals surface area contributed by atoms with E-state index in [9.17, 15) is 9.90 Å². The standard InChI is InChI=1S/C17H21NO3/c1-10(2)16(19)15(9-18)17(20)14-7-6-13(8-12(14)5)21-11(3)4/h6-8,10-11,19H,1-5H3. The van der Waals surface area contributed by atoms with E-state index >= 15 is 0 Å². The number of carbonyl (C=O) groups excluding carboxylic acids is 1. The fourth-order valence-electron chi connectivity index (χ4n) is 1.88. The zero-order valence-electron chi connectivity index (χ0n) is 13.1. The number of nitriles is 1. The van der Waals surface area contributed by atoms with Crippen LogP contribution in [0.3, 0.4) is 0 Å². The van der Waals surface area contributed by atoms with Crippen LogP contribution in [0, 0.1) is 24.2 Å². The minimum absolute atomic E-state index is 0.0468. The van der Waals surface area contributed by atoms with E-state index in [1.165, 1.54) is 0 Å². The highest BCUT2D eigenvalue weighted by Crippen LogP contribution is 2.22. The first-order valence-corrected chi connectivity index (χ1v) is 6.93. The lowest BCUT2D eigenvalue weighted by molar-refractivity contribution is 0.103. The number of benzene rings is 1. The van der Waals surface area contributed by atoms with Crippen molar-refractivity contribution in [3.05, 3.63) is 40.7 Å². The number of carbonyl (C=O) groups is 1. The molecular formula is C17H21NO3. The summed E-state index contributed by atoms with van der Waals surface area (Å²) in [4.78, 5) is 12.4. The lowest BCUT2D eigenvalue weighted by Gasteiger charge is -2.12. The molecule has 0 saturated heterocycles. The molecule has 21 heavy (non-hydrogen) atoms. The van der Waals surface area contributed by atoms with Gasteiger partial charge >= 0.3 is 0 Å². The molecule has 112 valence electrons. The van der Waals surface area contributed by atoms with E-state index in [-0.39, 0.29) is 23.4 Å². The Balaban J connectivity index is 3.20. The Labute approximate surface area is 125 Å². The first-order valence-electron chi connectivity index (χ1n) is 6.93. The second-order valence-electron chi connectivity index (χ2n) is 5.50. The van der Waals surface area contributed by atoms with Gasteiger partial charge in [-0.1, -0.05) is 13.8 Å². The molecule has 0 saturated carbocycles. The van der Waals surface area contributed by atoms with E-state index in [1.807, 2.05) is 13.8 Å². The summed E-state index contributed by atoms with van der Waals surface area (Å²) in [6.45, 7) is 9.08. The number of rotatable bonds is 5. The third-order valence-corrected chi connectivity index (χ3v) is 2.96. The van der Waals surface area contributed by atoms with Crippen LogP contribution in [0.1, 0.15) is 43.6 Å². The maximum atomic E-state index is 12.4. The zero-order chi connectivity index (χ0) is 16.2. The first kappa shape index (κ1) is 16.8. The Morgan fingerprint density at radius 3 is 2.33 bits per heavy atom. The molecule has 0 heterocycles. The minimum Gasteiger partial charge on any atom is -0.511 e. The molecule has 0 unspecified atom stereocenters. The van der Waals surface area contributed by atoms with Crippen LogP contribution in [0.2, 0.25) is 0 Å². The zero-order valence-corrected chi connectivity index (χ0v) is 13.1. The monoisotopic (exact) mass is 287 g/mol. The van der Waals surface area contributed by atoms with Gasteiger partial charge in [-0.3, -0.25) is 4.79 Å². The largest absolute Gasteiger partial charge is 0.511 e. The second-order valence-corrected chi connectivity index (χ2v) is 5.50. The summed E-state index contributed by atoms with van der Waals surface area (Å²) in [6, 6.07) is 6.88. The number of ether oxygens (including phenoxy) is 1. The molecule has 1 aromatic carbocycles. The lowest BCUT2D eigenvalue weighted by atomic mass is 9.96.